The highest BCUT2D eigenvalue weighted by atomic mass is 32.2. The van der Waals surface area contributed by atoms with Crippen LogP contribution in [-0.2, 0) is 10.8 Å². The molecular weight excluding hydrogens is 196 g/mol. The molecule has 1 saturated heterocycles. The van der Waals surface area contributed by atoms with Gasteiger partial charge < -0.3 is 5.32 Å². The fraction of sp³-hybridized carbons (Fsp3) is 1.00. The van der Waals surface area contributed by atoms with Gasteiger partial charge in [-0.3, -0.25) is 9.11 Å². The Morgan fingerprint density at radius 2 is 2.36 bits per heavy atom. The maximum Gasteiger partial charge on any atom is 0.0385 e. The van der Waals surface area contributed by atoms with Crippen LogP contribution in [0.15, 0.2) is 0 Å². The van der Waals surface area contributed by atoms with Crippen molar-refractivity contribution < 1.29 is 4.21 Å². The Balaban J connectivity index is 2.43. The Hall–Kier alpha value is 0.0700. The minimum Gasteiger partial charge on any atom is -0.313 e. The third kappa shape index (κ3) is 4.07. The lowest BCUT2D eigenvalue weighted by atomic mass is 10.2. The largest absolute Gasteiger partial charge is 0.313 e. The van der Waals surface area contributed by atoms with Gasteiger partial charge in [0.15, 0.2) is 0 Å². The van der Waals surface area contributed by atoms with Crippen LogP contribution < -0.4 is 5.32 Å². The zero-order valence-corrected chi connectivity index (χ0v) is 10.3. The third-order valence-electron chi connectivity index (χ3n) is 2.72. The van der Waals surface area contributed by atoms with E-state index in [1.54, 1.807) is 6.26 Å². The minimum absolute atomic E-state index is 0.447. The minimum atomic E-state index is -0.676. The van der Waals surface area contributed by atoms with Crippen molar-refractivity contribution in [3.8, 4) is 0 Å². The van der Waals surface area contributed by atoms with Crippen LogP contribution in [0.1, 0.15) is 20.3 Å². The Kier molecular flexibility index (Phi) is 5.06. The molecule has 0 aromatic carbocycles. The number of nitrogens with one attached hydrogen (secondary N) is 1. The van der Waals surface area contributed by atoms with E-state index >= 15 is 0 Å². The van der Waals surface area contributed by atoms with Gasteiger partial charge in [0, 0.05) is 41.4 Å². The normalized spacial score (nSPS) is 29.5. The second-order valence-electron chi connectivity index (χ2n) is 4.29. The van der Waals surface area contributed by atoms with Crippen molar-refractivity contribution in [2.75, 3.05) is 31.6 Å². The van der Waals surface area contributed by atoms with Crippen LogP contribution in [0.2, 0.25) is 0 Å². The molecule has 0 aromatic heterocycles. The van der Waals surface area contributed by atoms with E-state index in [2.05, 4.69) is 24.1 Å². The first-order valence-electron chi connectivity index (χ1n) is 5.37. The van der Waals surface area contributed by atoms with Crippen molar-refractivity contribution in [2.24, 2.45) is 0 Å². The molecule has 1 N–H and O–H groups in total. The highest BCUT2D eigenvalue weighted by Gasteiger charge is 2.19. The first kappa shape index (κ1) is 12.1. The summed E-state index contributed by atoms with van der Waals surface area (Å²) in [5.41, 5.74) is 0. The topological polar surface area (TPSA) is 32.3 Å². The van der Waals surface area contributed by atoms with Gasteiger partial charge in [0.05, 0.1) is 0 Å². The van der Waals surface area contributed by atoms with E-state index in [9.17, 15) is 4.21 Å². The maximum atomic E-state index is 11.1. The molecule has 0 aromatic rings. The van der Waals surface area contributed by atoms with Crippen molar-refractivity contribution in [1.82, 2.24) is 10.2 Å². The van der Waals surface area contributed by atoms with Gasteiger partial charge in [-0.25, -0.2) is 0 Å². The predicted octanol–water partition coefficient (Wildman–Crippen LogP) is 0.437. The Bertz CT molecular complexity index is 199. The summed E-state index contributed by atoms with van der Waals surface area (Å²) in [5, 5.41) is 3.47. The number of hydrogen-bond donors (Lipinski definition) is 1. The van der Waals surface area contributed by atoms with Crippen molar-refractivity contribution >= 4 is 10.8 Å². The van der Waals surface area contributed by atoms with E-state index in [1.807, 2.05) is 0 Å². The summed E-state index contributed by atoms with van der Waals surface area (Å²) in [7, 11) is -0.676. The van der Waals surface area contributed by atoms with Gasteiger partial charge >= 0.3 is 0 Å². The quantitative estimate of drug-likeness (QED) is 0.746. The van der Waals surface area contributed by atoms with Crippen molar-refractivity contribution in [1.29, 1.82) is 0 Å². The zero-order chi connectivity index (χ0) is 10.6. The summed E-state index contributed by atoms with van der Waals surface area (Å²) in [5.74, 6) is 0.798. The molecule has 1 aliphatic rings. The van der Waals surface area contributed by atoms with Crippen LogP contribution in [0.3, 0.4) is 0 Å². The molecule has 3 atom stereocenters. The third-order valence-corrected chi connectivity index (χ3v) is 3.67. The maximum absolute atomic E-state index is 11.1. The molecular formula is C10H22N2OS. The van der Waals surface area contributed by atoms with E-state index < -0.39 is 10.8 Å². The zero-order valence-electron chi connectivity index (χ0n) is 9.45. The highest BCUT2D eigenvalue weighted by molar-refractivity contribution is 7.84. The summed E-state index contributed by atoms with van der Waals surface area (Å²) in [6, 6.07) is 1.01. The van der Waals surface area contributed by atoms with E-state index in [1.165, 1.54) is 6.42 Å². The molecule has 0 aliphatic carbocycles. The Labute approximate surface area is 89.7 Å². The van der Waals surface area contributed by atoms with E-state index in [4.69, 9.17) is 0 Å². The molecule has 0 bridgehead atoms. The molecule has 0 radical (unpaired) electrons. The molecule has 14 heavy (non-hydrogen) atoms. The van der Waals surface area contributed by atoms with Gasteiger partial charge in [0.25, 0.3) is 0 Å². The van der Waals surface area contributed by atoms with Gasteiger partial charge in [-0.2, -0.15) is 0 Å². The monoisotopic (exact) mass is 218 g/mol. The van der Waals surface area contributed by atoms with E-state index in [0.29, 0.717) is 12.1 Å². The molecule has 1 heterocycles. The molecule has 0 amide bonds. The molecule has 1 fully saturated rings. The van der Waals surface area contributed by atoms with Crippen LogP contribution in [-0.4, -0.2) is 52.8 Å². The Morgan fingerprint density at radius 1 is 1.64 bits per heavy atom. The summed E-state index contributed by atoms with van der Waals surface area (Å²) >= 11 is 0. The van der Waals surface area contributed by atoms with Crippen molar-refractivity contribution in [3.05, 3.63) is 0 Å². The average Bonchev–Trinajstić information content (AvgIpc) is 2.28. The van der Waals surface area contributed by atoms with Crippen LogP contribution in [0.5, 0.6) is 0 Å². The molecule has 1 rings (SSSR count). The van der Waals surface area contributed by atoms with Crippen molar-refractivity contribution in [3.63, 3.8) is 0 Å². The van der Waals surface area contributed by atoms with Crippen LogP contribution in [0.25, 0.3) is 0 Å². The number of nitrogens with zero attached hydrogens (tertiary/aromatic N) is 1. The van der Waals surface area contributed by atoms with E-state index in [-0.39, 0.29) is 0 Å². The molecule has 84 valence electrons. The number of hydrogen-bond acceptors (Lipinski definition) is 3. The summed E-state index contributed by atoms with van der Waals surface area (Å²) in [6.45, 7) is 7.72. The lowest BCUT2D eigenvalue weighted by Gasteiger charge is -2.28. The SMILES string of the molecule is CC1CN(C(C)CS(C)=O)CCCN1. The summed E-state index contributed by atoms with van der Waals surface area (Å²) < 4.78 is 11.1. The van der Waals surface area contributed by atoms with Gasteiger partial charge in [-0.15, -0.1) is 0 Å². The highest BCUT2D eigenvalue weighted by Crippen LogP contribution is 2.06. The summed E-state index contributed by atoms with van der Waals surface area (Å²) in [6.07, 6.45) is 2.99. The molecule has 0 saturated carbocycles. The smallest absolute Gasteiger partial charge is 0.0385 e. The summed E-state index contributed by atoms with van der Waals surface area (Å²) in [4.78, 5) is 2.45. The van der Waals surface area contributed by atoms with Crippen LogP contribution in [0.4, 0.5) is 0 Å². The lowest BCUT2D eigenvalue weighted by Crippen LogP contribution is -2.42. The lowest BCUT2D eigenvalue weighted by molar-refractivity contribution is 0.224. The molecule has 3 nitrogen and oxygen atoms in total. The molecule has 4 heteroatoms. The fourth-order valence-electron chi connectivity index (χ4n) is 1.98. The van der Waals surface area contributed by atoms with Gasteiger partial charge in [-0.1, -0.05) is 0 Å². The first-order valence-corrected chi connectivity index (χ1v) is 7.09. The van der Waals surface area contributed by atoms with Crippen molar-refractivity contribution in [2.45, 2.75) is 32.4 Å². The molecule has 0 spiro atoms. The molecule has 3 unspecified atom stereocenters. The van der Waals surface area contributed by atoms with Crippen LogP contribution >= 0.6 is 0 Å². The van der Waals surface area contributed by atoms with E-state index in [0.717, 1.165) is 25.4 Å². The predicted molar refractivity (Wildman–Crippen MR) is 62.1 cm³/mol. The van der Waals surface area contributed by atoms with Crippen LogP contribution in [0, 0.1) is 0 Å². The van der Waals surface area contributed by atoms with Gasteiger partial charge in [0.1, 0.15) is 0 Å². The Morgan fingerprint density at radius 3 is 3.00 bits per heavy atom. The first-order chi connectivity index (χ1) is 6.59. The number of rotatable bonds is 3. The van der Waals surface area contributed by atoms with Gasteiger partial charge in [0.2, 0.25) is 0 Å². The molecule has 1 aliphatic heterocycles. The van der Waals surface area contributed by atoms with Gasteiger partial charge in [-0.05, 0) is 33.4 Å². The second kappa shape index (κ2) is 5.83. The second-order valence-corrected chi connectivity index (χ2v) is 5.77. The fourth-order valence-corrected chi connectivity index (χ4v) is 2.87. The standard InChI is InChI=1S/C10H22N2OS/c1-9-7-12(6-4-5-11-9)10(2)8-14(3)13/h9-11H,4-8H2,1-3H3. The average molecular weight is 218 g/mol.